The number of piperidine rings is 1. The smallest absolute Gasteiger partial charge is 0.229 e. The number of nitrogens with zero attached hydrogens (tertiary/aromatic N) is 3. The number of benzene rings is 1. The van der Waals surface area contributed by atoms with E-state index in [2.05, 4.69) is 34.3 Å². The monoisotopic (exact) mass is 446 g/mol. The molecule has 6 heteroatoms. The number of aromatic nitrogens is 3. The fourth-order valence-corrected chi connectivity index (χ4v) is 5.95. The second-order valence-corrected chi connectivity index (χ2v) is 10.0. The van der Waals surface area contributed by atoms with Gasteiger partial charge in [-0.05, 0) is 81.7 Å². The zero-order chi connectivity index (χ0) is 23.0. The van der Waals surface area contributed by atoms with Crippen molar-refractivity contribution in [3.63, 3.8) is 0 Å². The van der Waals surface area contributed by atoms with Crippen molar-refractivity contribution in [1.29, 1.82) is 0 Å². The van der Waals surface area contributed by atoms with Gasteiger partial charge in [0.15, 0.2) is 0 Å². The summed E-state index contributed by atoms with van der Waals surface area (Å²) in [4.78, 5) is 28.6. The Balaban J connectivity index is 1.31. The molecule has 0 unspecified atom stereocenters. The van der Waals surface area contributed by atoms with Crippen molar-refractivity contribution in [3.8, 4) is 0 Å². The topological polar surface area (TPSA) is 71.1 Å². The molecule has 1 N–H and O–H groups in total. The Kier molecular flexibility index (Phi) is 5.95. The molecule has 2 aromatic heterocycles. The standard InChI is InChI=1S/C27H34N4O2/c1-18-13-19(2)30-25(29-18)21-7-10-27(11-8-21)9-4-12-31(26(27)32)16-22-15-28-24-6-5-20(17-33-3)14-23(22)24/h5-6,13-15,21,28H,4,7-12,16-17H2,1-3H3. The Morgan fingerprint density at radius 1 is 1.12 bits per heavy atom. The van der Waals surface area contributed by atoms with Gasteiger partial charge in [0.25, 0.3) is 0 Å². The molecule has 3 aromatic rings. The molecule has 1 saturated carbocycles. The molecular weight excluding hydrogens is 412 g/mol. The first kappa shape index (κ1) is 22.1. The van der Waals surface area contributed by atoms with E-state index in [-0.39, 0.29) is 5.41 Å². The summed E-state index contributed by atoms with van der Waals surface area (Å²) in [6.07, 6.45) is 8.02. The number of ether oxygens (including phenoxy) is 1. The second kappa shape index (κ2) is 8.90. The Morgan fingerprint density at radius 3 is 2.61 bits per heavy atom. The fourth-order valence-electron chi connectivity index (χ4n) is 5.95. The second-order valence-electron chi connectivity index (χ2n) is 10.0. The van der Waals surface area contributed by atoms with Crippen molar-refractivity contribution in [3.05, 3.63) is 58.8 Å². The van der Waals surface area contributed by atoms with E-state index in [1.165, 1.54) is 10.9 Å². The molecule has 6 nitrogen and oxygen atoms in total. The molecule has 2 fully saturated rings. The molecule has 0 radical (unpaired) electrons. The maximum Gasteiger partial charge on any atom is 0.229 e. The third-order valence-electron chi connectivity index (χ3n) is 7.64. The summed E-state index contributed by atoms with van der Waals surface area (Å²) in [5, 5.41) is 1.19. The predicted molar refractivity (Wildman–Crippen MR) is 129 cm³/mol. The van der Waals surface area contributed by atoms with Crippen molar-refractivity contribution in [1.82, 2.24) is 19.9 Å². The molecule has 1 amide bonds. The van der Waals surface area contributed by atoms with E-state index in [9.17, 15) is 4.79 Å². The van der Waals surface area contributed by atoms with Gasteiger partial charge < -0.3 is 14.6 Å². The van der Waals surface area contributed by atoms with Gasteiger partial charge in [0.1, 0.15) is 5.82 Å². The summed E-state index contributed by atoms with van der Waals surface area (Å²) in [6, 6.07) is 8.40. The van der Waals surface area contributed by atoms with Crippen LogP contribution in [0.25, 0.3) is 10.9 Å². The summed E-state index contributed by atoms with van der Waals surface area (Å²) in [5.74, 6) is 1.68. The van der Waals surface area contributed by atoms with E-state index < -0.39 is 0 Å². The highest BCUT2D eigenvalue weighted by Gasteiger charge is 2.46. The predicted octanol–water partition coefficient (Wildman–Crippen LogP) is 5.19. The molecular formula is C27H34N4O2. The van der Waals surface area contributed by atoms with Gasteiger partial charge in [-0.25, -0.2) is 9.97 Å². The first-order valence-corrected chi connectivity index (χ1v) is 12.2. The molecule has 33 heavy (non-hydrogen) atoms. The van der Waals surface area contributed by atoms with Gasteiger partial charge in [-0.2, -0.15) is 0 Å². The van der Waals surface area contributed by atoms with Crippen LogP contribution in [0, 0.1) is 19.3 Å². The van der Waals surface area contributed by atoms with Crippen molar-refractivity contribution in [2.45, 2.75) is 71.4 Å². The highest BCUT2D eigenvalue weighted by molar-refractivity contribution is 5.86. The van der Waals surface area contributed by atoms with E-state index in [0.29, 0.717) is 25.0 Å². The summed E-state index contributed by atoms with van der Waals surface area (Å²) >= 11 is 0. The van der Waals surface area contributed by atoms with E-state index >= 15 is 0 Å². The molecule has 0 bridgehead atoms. The van der Waals surface area contributed by atoms with Crippen LogP contribution in [0.15, 0.2) is 30.5 Å². The number of H-pyrrole nitrogens is 1. The summed E-state index contributed by atoms with van der Waals surface area (Å²) < 4.78 is 5.31. The fraction of sp³-hybridized carbons (Fsp3) is 0.519. The highest BCUT2D eigenvalue weighted by Crippen LogP contribution is 2.48. The van der Waals surface area contributed by atoms with Gasteiger partial charge in [-0.15, -0.1) is 0 Å². The molecule has 1 aliphatic carbocycles. The number of nitrogens with one attached hydrogen (secondary N) is 1. The Labute approximate surface area is 195 Å². The minimum absolute atomic E-state index is 0.207. The number of carbonyl (C=O) groups excluding carboxylic acids is 1. The summed E-state index contributed by atoms with van der Waals surface area (Å²) in [7, 11) is 1.72. The largest absolute Gasteiger partial charge is 0.380 e. The van der Waals surface area contributed by atoms with E-state index in [0.717, 1.165) is 73.4 Å². The molecule has 1 spiro atoms. The number of amides is 1. The number of hydrogen-bond donors (Lipinski definition) is 1. The number of aryl methyl sites for hydroxylation is 2. The lowest BCUT2D eigenvalue weighted by Gasteiger charge is -2.45. The van der Waals surface area contributed by atoms with Crippen LogP contribution >= 0.6 is 0 Å². The third kappa shape index (κ3) is 4.29. The Hall–Kier alpha value is -2.73. The van der Waals surface area contributed by atoms with Crippen LogP contribution in [0.1, 0.15) is 72.8 Å². The van der Waals surface area contributed by atoms with Crippen LogP contribution in [0.5, 0.6) is 0 Å². The van der Waals surface area contributed by atoms with Gasteiger partial charge in [-0.3, -0.25) is 4.79 Å². The summed E-state index contributed by atoms with van der Waals surface area (Å²) in [6.45, 7) is 6.18. The van der Waals surface area contributed by atoms with Crippen LogP contribution in [-0.4, -0.2) is 39.4 Å². The maximum atomic E-state index is 13.7. The van der Waals surface area contributed by atoms with Crippen LogP contribution in [-0.2, 0) is 22.7 Å². The first-order chi connectivity index (χ1) is 16.0. The lowest BCUT2D eigenvalue weighted by molar-refractivity contribution is -0.149. The van der Waals surface area contributed by atoms with E-state index in [1.807, 2.05) is 19.9 Å². The van der Waals surface area contributed by atoms with Crippen molar-refractivity contribution >= 4 is 16.8 Å². The Morgan fingerprint density at radius 2 is 1.88 bits per heavy atom. The van der Waals surface area contributed by atoms with Crippen molar-refractivity contribution < 1.29 is 9.53 Å². The molecule has 5 rings (SSSR count). The normalized spacial score (nSPS) is 23.5. The van der Waals surface area contributed by atoms with Crippen LogP contribution < -0.4 is 0 Å². The van der Waals surface area contributed by atoms with E-state index in [1.54, 1.807) is 7.11 Å². The molecule has 1 aromatic carbocycles. The quantitative estimate of drug-likeness (QED) is 0.586. The number of fused-ring (bicyclic) bond motifs is 1. The third-order valence-corrected chi connectivity index (χ3v) is 7.64. The number of carbonyl (C=O) groups is 1. The van der Waals surface area contributed by atoms with Gasteiger partial charge in [-0.1, -0.05) is 6.07 Å². The lowest BCUT2D eigenvalue weighted by Crippen LogP contribution is -2.49. The molecule has 174 valence electrons. The number of rotatable bonds is 5. The number of methoxy groups -OCH3 is 1. The van der Waals surface area contributed by atoms with Crippen LogP contribution in [0.3, 0.4) is 0 Å². The number of likely N-dealkylation sites (tertiary alicyclic amines) is 1. The van der Waals surface area contributed by atoms with Crippen LogP contribution in [0.4, 0.5) is 0 Å². The molecule has 0 atom stereocenters. The Bertz CT molecular complexity index is 1140. The first-order valence-electron chi connectivity index (χ1n) is 12.2. The zero-order valence-corrected chi connectivity index (χ0v) is 20.0. The van der Waals surface area contributed by atoms with Gasteiger partial charge >= 0.3 is 0 Å². The van der Waals surface area contributed by atoms with Crippen molar-refractivity contribution in [2.24, 2.45) is 5.41 Å². The highest BCUT2D eigenvalue weighted by atomic mass is 16.5. The van der Waals surface area contributed by atoms with Gasteiger partial charge in [0.2, 0.25) is 5.91 Å². The SMILES string of the molecule is COCc1ccc2[nH]cc(CN3CCCC4(CCC(c5nc(C)cc(C)n5)CC4)C3=O)c2c1. The minimum Gasteiger partial charge on any atom is -0.380 e. The van der Waals surface area contributed by atoms with Gasteiger partial charge in [0, 0.05) is 60.0 Å². The number of aromatic amines is 1. The lowest BCUT2D eigenvalue weighted by atomic mass is 9.65. The molecule has 3 heterocycles. The maximum absolute atomic E-state index is 13.7. The van der Waals surface area contributed by atoms with E-state index in [4.69, 9.17) is 14.7 Å². The zero-order valence-electron chi connectivity index (χ0n) is 20.0. The minimum atomic E-state index is -0.207. The molecule has 2 aliphatic rings. The average molecular weight is 447 g/mol. The average Bonchev–Trinajstić information content (AvgIpc) is 3.19. The number of hydrogen-bond acceptors (Lipinski definition) is 4. The summed E-state index contributed by atoms with van der Waals surface area (Å²) in [5.41, 5.74) is 5.30. The van der Waals surface area contributed by atoms with Crippen molar-refractivity contribution in [2.75, 3.05) is 13.7 Å². The van der Waals surface area contributed by atoms with Gasteiger partial charge in [0.05, 0.1) is 6.61 Å². The molecule has 1 saturated heterocycles. The van der Waals surface area contributed by atoms with Crippen LogP contribution in [0.2, 0.25) is 0 Å². The molecule has 1 aliphatic heterocycles.